The Labute approximate surface area is 246 Å². The summed E-state index contributed by atoms with van der Waals surface area (Å²) in [5.74, 6) is -3.30. The van der Waals surface area contributed by atoms with Crippen LogP contribution in [0.4, 0.5) is 0 Å². The molecule has 0 spiro atoms. The Morgan fingerprint density at radius 3 is 1.55 bits per heavy atom. The summed E-state index contributed by atoms with van der Waals surface area (Å²) < 4.78 is 27.2. The SMILES string of the molecule is CCCCC(CC)C(=O)OCC(CC)(COC(=O)c1ccccc1OC(C)=O)COC(=O)c1ccccc1OC(C)=O. The summed E-state index contributed by atoms with van der Waals surface area (Å²) in [5.41, 5.74) is -1.03. The van der Waals surface area contributed by atoms with Crippen LogP contribution in [0.5, 0.6) is 11.5 Å². The molecule has 2 rings (SSSR count). The molecule has 0 aromatic heterocycles. The van der Waals surface area contributed by atoms with E-state index < -0.39 is 29.3 Å². The number of hydrogen-bond acceptors (Lipinski definition) is 10. The summed E-state index contributed by atoms with van der Waals surface area (Å²) in [6.07, 6.45) is 3.43. The van der Waals surface area contributed by atoms with Crippen molar-refractivity contribution in [1.82, 2.24) is 0 Å². The molecule has 0 N–H and O–H groups in total. The molecule has 0 saturated carbocycles. The van der Waals surface area contributed by atoms with Crippen molar-refractivity contribution in [3.63, 3.8) is 0 Å². The summed E-state index contributed by atoms with van der Waals surface area (Å²) in [6, 6.07) is 12.3. The third-order valence-corrected chi connectivity index (χ3v) is 6.74. The average Bonchev–Trinajstić information content (AvgIpc) is 2.97. The van der Waals surface area contributed by atoms with Gasteiger partial charge in [-0.05, 0) is 43.5 Å². The number of esters is 5. The van der Waals surface area contributed by atoms with E-state index in [2.05, 4.69) is 0 Å². The van der Waals surface area contributed by atoms with Crippen molar-refractivity contribution in [3.05, 3.63) is 59.7 Å². The van der Waals surface area contributed by atoms with Crippen LogP contribution in [0.25, 0.3) is 0 Å². The normalized spacial score (nSPS) is 11.6. The van der Waals surface area contributed by atoms with Crippen molar-refractivity contribution in [2.24, 2.45) is 11.3 Å². The average molecular weight is 585 g/mol. The van der Waals surface area contributed by atoms with Gasteiger partial charge in [0, 0.05) is 13.8 Å². The molecule has 10 heteroatoms. The molecule has 0 aliphatic rings. The first-order valence-electron chi connectivity index (χ1n) is 14.1. The molecule has 1 atom stereocenters. The number of para-hydroxylation sites is 2. The molecule has 1 unspecified atom stereocenters. The molecule has 0 radical (unpaired) electrons. The molecule has 0 aliphatic heterocycles. The van der Waals surface area contributed by atoms with Crippen LogP contribution >= 0.6 is 0 Å². The third-order valence-electron chi connectivity index (χ3n) is 6.74. The van der Waals surface area contributed by atoms with Gasteiger partial charge in [-0.3, -0.25) is 14.4 Å². The number of benzene rings is 2. The van der Waals surface area contributed by atoms with Gasteiger partial charge in [0.25, 0.3) is 0 Å². The highest BCUT2D eigenvalue weighted by atomic mass is 16.6. The Morgan fingerprint density at radius 1 is 0.690 bits per heavy atom. The summed E-state index contributed by atoms with van der Waals surface area (Å²) in [7, 11) is 0. The molecular formula is C32H40O10. The zero-order valence-corrected chi connectivity index (χ0v) is 24.9. The van der Waals surface area contributed by atoms with E-state index >= 15 is 0 Å². The van der Waals surface area contributed by atoms with Crippen molar-refractivity contribution in [2.75, 3.05) is 19.8 Å². The first-order chi connectivity index (χ1) is 20.1. The van der Waals surface area contributed by atoms with Crippen molar-refractivity contribution >= 4 is 29.8 Å². The summed E-state index contributed by atoms with van der Waals surface area (Å²) in [6.45, 7) is 7.48. The maximum Gasteiger partial charge on any atom is 0.341 e. The van der Waals surface area contributed by atoms with E-state index in [-0.39, 0.29) is 54.3 Å². The van der Waals surface area contributed by atoms with E-state index in [0.717, 1.165) is 12.8 Å². The Hall–Kier alpha value is -4.21. The van der Waals surface area contributed by atoms with Gasteiger partial charge in [0.2, 0.25) is 0 Å². The molecule has 0 heterocycles. The zero-order valence-electron chi connectivity index (χ0n) is 24.9. The fraction of sp³-hybridized carbons (Fsp3) is 0.469. The quantitative estimate of drug-likeness (QED) is 0.137. The second kappa shape index (κ2) is 16.9. The number of hydrogen-bond donors (Lipinski definition) is 0. The predicted molar refractivity (Wildman–Crippen MR) is 153 cm³/mol. The lowest BCUT2D eigenvalue weighted by atomic mass is 9.87. The fourth-order valence-electron chi connectivity index (χ4n) is 4.06. The fourth-order valence-corrected chi connectivity index (χ4v) is 4.06. The van der Waals surface area contributed by atoms with Gasteiger partial charge in [0.15, 0.2) is 0 Å². The van der Waals surface area contributed by atoms with Crippen LogP contribution in [0.1, 0.15) is 87.4 Å². The molecular weight excluding hydrogens is 544 g/mol. The van der Waals surface area contributed by atoms with Gasteiger partial charge in [-0.25, -0.2) is 9.59 Å². The van der Waals surface area contributed by atoms with Gasteiger partial charge < -0.3 is 23.7 Å². The number of unbranched alkanes of at least 4 members (excludes halogenated alkanes) is 1. The molecule has 0 amide bonds. The van der Waals surface area contributed by atoms with Crippen LogP contribution in [-0.2, 0) is 28.6 Å². The number of ether oxygens (including phenoxy) is 5. The maximum atomic E-state index is 13.0. The third kappa shape index (κ3) is 10.3. The number of carbonyl (C=O) groups is 5. The molecule has 42 heavy (non-hydrogen) atoms. The lowest BCUT2D eigenvalue weighted by molar-refractivity contribution is -0.155. The van der Waals surface area contributed by atoms with Gasteiger partial charge in [-0.15, -0.1) is 0 Å². The summed E-state index contributed by atoms with van der Waals surface area (Å²) in [4.78, 5) is 62.0. The molecule has 10 nitrogen and oxygen atoms in total. The first kappa shape index (κ1) is 34.0. The molecule has 228 valence electrons. The highest BCUT2D eigenvalue weighted by molar-refractivity contribution is 5.94. The van der Waals surface area contributed by atoms with Crippen LogP contribution in [-0.4, -0.2) is 49.7 Å². The molecule has 0 aliphatic carbocycles. The lowest BCUT2D eigenvalue weighted by Gasteiger charge is -2.31. The van der Waals surface area contributed by atoms with E-state index in [4.69, 9.17) is 23.7 Å². The second-order valence-corrected chi connectivity index (χ2v) is 10.0. The Kier molecular flexibility index (Phi) is 13.7. The van der Waals surface area contributed by atoms with E-state index in [0.29, 0.717) is 19.3 Å². The van der Waals surface area contributed by atoms with Crippen LogP contribution in [0, 0.1) is 11.3 Å². The predicted octanol–water partition coefficient (Wildman–Crippen LogP) is 5.71. The van der Waals surface area contributed by atoms with E-state index in [1.165, 1.54) is 38.1 Å². The summed E-state index contributed by atoms with van der Waals surface area (Å²) in [5, 5.41) is 0. The minimum atomic E-state index is -1.10. The van der Waals surface area contributed by atoms with Gasteiger partial charge in [-0.2, -0.15) is 0 Å². The van der Waals surface area contributed by atoms with Crippen molar-refractivity contribution in [2.45, 2.75) is 66.7 Å². The Bertz CT molecular complexity index is 1160. The van der Waals surface area contributed by atoms with Crippen molar-refractivity contribution < 1.29 is 47.7 Å². The van der Waals surface area contributed by atoms with Crippen LogP contribution < -0.4 is 9.47 Å². The smallest absolute Gasteiger partial charge is 0.341 e. The van der Waals surface area contributed by atoms with Crippen LogP contribution in [0.15, 0.2) is 48.5 Å². The minimum absolute atomic E-state index is 0.0348. The summed E-state index contributed by atoms with van der Waals surface area (Å²) >= 11 is 0. The lowest BCUT2D eigenvalue weighted by Crippen LogP contribution is -2.39. The van der Waals surface area contributed by atoms with Gasteiger partial charge >= 0.3 is 29.8 Å². The van der Waals surface area contributed by atoms with Crippen molar-refractivity contribution in [3.8, 4) is 11.5 Å². The number of rotatable bonds is 16. The molecule has 2 aromatic carbocycles. The Balaban J connectivity index is 2.28. The molecule has 0 bridgehead atoms. The van der Waals surface area contributed by atoms with Crippen LogP contribution in [0.3, 0.4) is 0 Å². The van der Waals surface area contributed by atoms with Gasteiger partial charge in [0.1, 0.15) is 42.4 Å². The van der Waals surface area contributed by atoms with Gasteiger partial charge in [-0.1, -0.05) is 57.9 Å². The van der Waals surface area contributed by atoms with Crippen molar-refractivity contribution in [1.29, 1.82) is 0 Å². The molecule has 0 saturated heterocycles. The largest absolute Gasteiger partial charge is 0.465 e. The monoisotopic (exact) mass is 584 g/mol. The minimum Gasteiger partial charge on any atom is -0.465 e. The standard InChI is InChI=1S/C32H40O10/c1-6-9-14-24(7-2)29(35)38-19-32(8-3,20-39-30(36)25-15-10-12-17-27(25)41-22(4)33)21-40-31(37)26-16-11-13-18-28(26)42-23(5)34/h10-13,15-18,24H,6-9,14,19-21H2,1-5H3. The topological polar surface area (TPSA) is 132 Å². The number of carbonyl (C=O) groups excluding carboxylic acids is 5. The molecule has 2 aromatic rings. The highest BCUT2D eigenvalue weighted by Gasteiger charge is 2.36. The second-order valence-electron chi connectivity index (χ2n) is 10.0. The van der Waals surface area contributed by atoms with Gasteiger partial charge in [0.05, 0.1) is 11.3 Å². The van der Waals surface area contributed by atoms with E-state index in [1.54, 1.807) is 31.2 Å². The maximum absolute atomic E-state index is 13.0. The highest BCUT2D eigenvalue weighted by Crippen LogP contribution is 2.29. The zero-order chi connectivity index (χ0) is 31.1. The Morgan fingerprint density at radius 2 is 1.14 bits per heavy atom. The molecule has 0 fully saturated rings. The van der Waals surface area contributed by atoms with E-state index in [1.807, 2.05) is 13.8 Å². The van der Waals surface area contributed by atoms with Crippen LogP contribution in [0.2, 0.25) is 0 Å². The first-order valence-corrected chi connectivity index (χ1v) is 14.1. The van der Waals surface area contributed by atoms with E-state index in [9.17, 15) is 24.0 Å².